The molecule has 2 aliphatic heterocycles. The molecule has 10 nitrogen and oxygen atoms in total. The summed E-state index contributed by atoms with van der Waals surface area (Å²) in [6, 6.07) is 23.8. The summed E-state index contributed by atoms with van der Waals surface area (Å²) in [6.45, 7) is 4.27. The van der Waals surface area contributed by atoms with Crippen LogP contribution in [0.4, 0.5) is 4.79 Å². The summed E-state index contributed by atoms with van der Waals surface area (Å²) in [5.41, 5.74) is 4.60. The lowest BCUT2D eigenvalue weighted by molar-refractivity contribution is -0.253. The molecule has 3 N–H and O–H groups in total. The maximum atomic E-state index is 12.7. The number of nitrogens with one attached hydrogen (secondary N) is 2. The molecule has 234 valence electrons. The summed E-state index contributed by atoms with van der Waals surface area (Å²) in [6.07, 6.45) is 0.312. The Morgan fingerprint density at radius 1 is 0.909 bits per heavy atom. The Labute approximate surface area is 258 Å². The largest absolute Gasteiger partial charge is 0.467 e. The second kappa shape index (κ2) is 15.8. The van der Waals surface area contributed by atoms with Crippen LogP contribution in [0, 0.1) is 0 Å². The molecule has 3 aromatic rings. The third-order valence-electron chi connectivity index (χ3n) is 7.96. The van der Waals surface area contributed by atoms with E-state index >= 15 is 0 Å². The van der Waals surface area contributed by atoms with E-state index in [0.717, 1.165) is 67.1 Å². The van der Waals surface area contributed by atoms with E-state index in [4.69, 9.17) is 18.9 Å². The minimum atomic E-state index is -0.802. The van der Waals surface area contributed by atoms with E-state index in [-0.39, 0.29) is 25.4 Å². The summed E-state index contributed by atoms with van der Waals surface area (Å²) in [7, 11) is 1.31. The van der Waals surface area contributed by atoms with E-state index in [2.05, 4.69) is 15.5 Å². The molecule has 0 aliphatic carbocycles. The average molecular weight is 604 g/mol. The van der Waals surface area contributed by atoms with Crippen LogP contribution in [0.1, 0.15) is 46.6 Å². The average Bonchev–Trinajstić information content (AvgIpc) is 3.07. The van der Waals surface area contributed by atoms with Crippen LogP contribution in [0.5, 0.6) is 0 Å². The van der Waals surface area contributed by atoms with Gasteiger partial charge in [-0.25, -0.2) is 9.59 Å². The monoisotopic (exact) mass is 603 g/mol. The predicted molar refractivity (Wildman–Crippen MR) is 163 cm³/mol. The van der Waals surface area contributed by atoms with E-state index in [1.165, 1.54) is 7.11 Å². The smallest absolute Gasteiger partial charge is 0.328 e. The number of urea groups is 1. The topological polar surface area (TPSA) is 119 Å². The quantitative estimate of drug-likeness (QED) is 0.285. The number of hydrogen-bond acceptors (Lipinski definition) is 8. The van der Waals surface area contributed by atoms with E-state index in [1.807, 2.05) is 78.9 Å². The van der Waals surface area contributed by atoms with Gasteiger partial charge in [0.05, 0.1) is 39.1 Å². The molecule has 0 aromatic heterocycles. The first-order chi connectivity index (χ1) is 21.5. The molecular weight excluding hydrogens is 562 g/mol. The Hall–Kier alpha value is -3.80. The summed E-state index contributed by atoms with van der Waals surface area (Å²) in [5.74, 6) is -0.504. The minimum Gasteiger partial charge on any atom is -0.467 e. The lowest BCUT2D eigenvalue weighted by atomic mass is 9.99. The van der Waals surface area contributed by atoms with Gasteiger partial charge in [-0.3, -0.25) is 4.90 Å². The van der Waals surface area contributed by atoms with Crippen LogP contribution < -0.4 is 10.6 Å². The highest BCUT2D eigenvalue weighted by atomic mass is 16.7. The maximum Gasteiger partial charge on any atom is 0.328 e. The summed E-state index contributed by atoms with van der Waals surface area (Å²) < 4.78 is 23.3. The first kappa shape index (κ1) is 31.6. The molecule has 2 fully saturated rings. The van der Waals surface area contributed by atoms with Crippen molar-refractivity contribution in [3.63, 3.8) is 0 Å². The molecule has 0 saturated carbocycles. The van der Waals surface area contributed by atoms with Gasteiger partial charge in [0, 0.05) is 44.6 Å². The van der Waals surface area contributed by atoms with Crippen LogP contribution in [0.2, 0.25) is 0 Å². The van der Waals surface area contributed by atoms with E-state index < -0.39 is 24.3 Å². The second-order valence-electron chi connectivity index (χ2n) is 11.1. The predicted octanol–water partition coefficient (Wildman–Crippen LogP) is 3.64. The van der Waals surface area contributed by atoms with Crippen LogP contribution in [0.25, 0.3) is 0 Å². The van der Waals surface area contributed by atoms with Gasteiger partial charge in [0.1, 0.15) is 6.04 Å². The number of benzene rings is 3. The zero-order valence-corrected chi connectivity index (χ0v) is 25.0. The Morgan fingerprint density at radius 2 is 1.59 bits per heavy atom. The van der Waals surface area contributed by atoms with Crippen molar-refractivity contribution < 1.29 is 33.6 Å². The van der Waals surface area contributed by atoms with Crippen molar-refractivity contribution in [1.29, 1.82) is 0 Å². The molecule has 44 heavy (non-hydrogen) atoms. The fourth-order valence-corrected chi connectivity index (χ4v) is 5.47. The van der Waals surface area contributed by atoms with Crippen LogP contribution in [-0.4, -0.2) is 74.1 Å². The Kier molecular flexibility index (Phi) is 11.3. The molecule has 3 aromatic carbocycles. The standard InChI is InChI=1S/C34H41N3O7/c1-41-32(39)30(19-24-5-3-2-4-6-24)36-34(40)35-21-25-7-13-28(14-8-25)33-43-29(22-37-15-17-42-18-16-37)20-31(44-33)27-11-9-26(23-38)10-12-27/h2-14,29-31,33,38H,15-23H2,1H3,(H2,35,36,40). The van der Waals surface area contributed by atoms with E-state index in [0.29, 0.717) is 6.42 Å². The molecule has 0 bridgehead atoms. The van der Waals surface area contributed by atoms with Gasteiger partial charge in [-0.15, -0.1) is 0 Å². The van der Waals surface area contributed by atoms with Gasteiger partial charge < -0.3 is 34.7 Å². The zero-order chi connectivity index (χ0) is 30.7. The molecule has 10 heteroatoms. The van der Waals surface area contributed by atoms with Crippen molar-refractivity contribution in [2.45, 2.75) is 50.5 Å². The molecular formula is C34H41N3O7. The lowest BCUT2D eigenvalue weighted by Gasteiger charge is -2.39. The van der Waals surface area contributed by atoms with Crippen LogP contribution >= 0.6 is 0 Å². The molecule has 0 radical (unpaired) electrons. The molecule has 0 spiro atoms. The Morgan fingerprint density at radius 3 is 2.27 bits per heavy atom. The number of amides is 2. The highest BCUT2D eigenvalue weighted by Crippen LogP contribution is 2.38. The molecule has 2 heterocycles. The summed E-state index contributed by atoms with van der Waals surface area (Å²) in [4.78, 5) is 27.3. The van der Waals surface area contributed by atoms with Crippen LogP contribution in [0.3, 0.4) is 0 Å². The molecule has 4 unspecified atom stereocenters. The fourth-order valence-electron chi connectivity index (χ4n) is 5.47. The van der Waals surface area contributed by atoms with E-state index in [9.17, 15) is 14.7 Å². The van der Waals surface area contributed by atoms with Gasteiger partial charge in [-0.1, -0.05) is 78.9 Å². The van der Waals surface area contributed by atoms with Crippen molar-refractivity contribution in [2.75, 3.05) is 40.0 Å². The third kappa shape index (κ3) is 8.87. The molecule has 4 atom stereocenters. The second-order valence-corrected chi connectivity index (χ2v) is 11.1. The molecule has 2 amide bonds. The number of carbonyl (C=O) groups excluding carboxylic acids is 2. The zero-order valence-electron chi connectivity index (χ0n) is 25.0. The number of aliphatic hydroxyl groups excluding tert-OH is 1. The number of hydrogen-bond donors (Lipinski definition) is 3. The summed E-state index contributed by atoms with van der Waals surface area (Å²) >= 11 is 0. The normalized spacial score (nSPS) is 21.3. The number of morpholine rings is 1. The summed E-state index contributed by atoms with van der Waals surface area (Å²) in [5, 5.41) is 15.0. The van der Waals surface area contributed by atoms with Crippen LogP contribution in [0.15, 0.2) is 78.9 Å². The number of aliphatic hydroxyl groups is 1. The minimum absolute atomic E-state index is 0.000387. The fraction of sp³-hybridized carbons (Fsp3) is 0.412. The van der Waals surface area contributed by atoms with Gasteiger partial charge in [-0.2, -0.15) is 0 Å². The van der Waals surface area contributed by atoms with Gasteiger partial charge in [0.15, 0.2) is 6.29 Å². The maximum absolute atomic E-state index is 12.7. The Bertz CT molecular complexity index is 1330. The molecule has 2 aliphatic rings. The van der Waals surface area contributed by atoms with Crippen molar-refractivity contribution in [1.82, 2.24) is 15.5 Å². The van der Waals surface area contributed by atoms with Gasteiger partial charge in [0.25, 0.3) is 0 Å². The molecule has 5 rings (SSSR count). The van der Waals surface area contributed by atoms with Gasteiger partial charge >= 0.3 is 12.0 Å². The Balaban J connectivity index is 1.20. The first-order valence-corrected chi connectivity index (χ1v) is 15.1. The van der Waals surface area contributed by atoms with Gasteiger partial charge in [-0.05, 0) is 22.3 Å². The molecule has 2 saturated heterocycles. The van der Waals surface area contributed by atoms with Crippen LogP contribution in [-0.2, 0) is 43.3 Å². The van der Waals surface area contributed by atoms with Gasteiger partial charge in [0.2, 0.25) is 0 Å². The number of carbonyl (C=O) groups is 2. The highest BCUT2D eigenvalue weighted by molar-refractivity contribution is 5.83. The van der Waals surface area contributed by atoms with E-state index in [1.54, 1.807) is 0 Å². The number of ether oxygens (including phenoxy) is 4. The highest BCUT2D eigenvalue weighted by Gasteiger charge is 2.33. The number of rotatable bonds is 11. The van der Waals surface area contributed by atoms with Crippen molar-refractivity contribution in [3.05, 3.63) is 107 Å². The number of esters is 1. The third-order valence-corrected chi connectivity index (χ3v) is 7.96. The van der Waals surface area contributed by atoms with Crippen molar-refractivity contribution in [2.24, 2.45) is 0 Å². The van der Waals surface area contributed by atoms with Crippen molar-refractivity contribution in [3.8, 4) is 0 Å². The number of methoxy groups -OCH3 is 1. The van der Waals surface area contributed by atoms with Crippen molar-refractivity contribution >= 4 is 12.0 Å². The SMILES string of the molecule is COC(=O)C(Cc1ccccc1)NC(=O)NCc1ccc(C2OC(CN3CCOCC3)CC(c3ccc(CO)cc3)O2)cc1. The lowest BCUT2D eigenvalue weighted by Crippen LogP contribution is -2.47. The number of nitrogens with zero attached hydrogens (tertiary/aromatic N) is 1. The first-order valence-electron chi connectivity index (χ1n) is 15.1.